The number of fused-ring (bicyclic) bond motifs is 2. The van der Waals surface area contributed by atoms with Gasteiger partial charge in [-0.2, -0.15) is 0 Å². The van der Waals surface area contributed by atoms with Crippen LogP contribution in [0.25, 0.3) is 0 Å². The molecule has 2 aromatic carbocycles. The van der Waals surface area contributed by atoms with Gasteiger partial charge in [0.25, 0.3) is 0 Å². The monoisotopic (exact) mass is 398 g/mol. The maximum absolute atomic E-state index is 11.5. The molecule has 2 aromatic rings. The molecule has 154 valence electrons. The molecule has 4 rings (SSSR count). The molecule has 2 bridgehead atoms. The van der Waals surface area contributed by atoms with Crippen molar-refractivity contribution in [2.45, 2.75) is 50.7 Å². The molecule has 6 heteroatoms. The molecule has 0 N–H and O–H groups in total. The molecule has 6 nitrogen and oxygen atoms in total. The fourth-order valence-electron chi connectivity index (χ4n) is 3.91. The molecule has 2 saturated heterocycles. The number of carbonyl (C=O) groups excluding carboxylic acids is 1. The quantitative estimate of drug-likeness (QED) is 0.636. The van der Waals surface area contributed by atoms with Crippen LogP contribution < -0.4 is 0 Å². The molecular formula is C23H26O6. The lowest BCUT2D eigenvalue weighted by atomic mass is 9.90. The van der Waals surface area contributed by atoms with E-state index in [0.717, 1.165) is 11.1 Å². The van der Waals surface area contributed by atoms with Crippen LogP contribution in [0.4, 0.5) is 0 Å². The van der Waals surface area contributed by atoms with Crippen LogP contribution in [0.15, 0.2) is 60.7 Å². The lowest BCUT2D eigenvalue weighted by molar-refractivity contribution is -0.203. The summed E-state index contributed by atoms with van der Waals surface area (Å²) in [6, 6.07) is 19.9. The molecule has 2 aliphatic rings. The minimum Gasteiger partial charge on any atom is -0.433 e. The zero-order valence-corrected chi connectivity index (χ0v) is 16.5. The fourth-order valence-corrected chi connectivity index (χ4v) is 3.91. The SMILES string of the molecule is CC(=O)OC1OC2(COCc3ccccc3)CCOC1C2OCc1ccccc1. The van der Waals surface area contributed by atoms with E-state index in [4.69, 9.17) is 23.7 Å². The van der Waals surface area contributed by atoms with E-state index >= 15 is 0 Å². The van der Waals surface area contributed by atoms with E-state index < -0.39 is 30.1 Å². The van der Waals surface area contributed by atoms with Crippen LogP contribution in [0.1, 0.15) is 24.5 Å². The summed E-state index contributed by atoms with van der Waals surface area (Å²) >= 11 is 0. The largest absolute Gasteiger partial charge is 0.433 e. The molecule has 0 aromatic heterocycles. The average molecular weight is 398 g/mol. The summed E-state index contributed by atoms with van der Waals surface area (Å²) in [7, 11) is 0. The summed E-state index contributed by atoms with van der Waals surface area (Å²) in [6.45, 7) is 3.09. The molecule has 0 radical (unpaired) electrons. The highest BCUT2D eigenvalue weighted by molar-refractivity contribution is 5.66. The normalized spacial score (nSPS) is 28.2. The van der Waals surface area contributed by atoms with Gasteiger partial charge in [0.2, 0.25) is 6.29 Å². The van der Waals surface area contributed by atoms with Crippen molar-refractivity contribution in [2.75, 3.05) is 13.2 Å². The lowest BCUT2D eigenvalue weighted by Gasteiger charge is -2.38. The highest BCUT2D eigenvalue weighted by Crippen LogP contribution is 2.42. The third-order valence-electron chi connectivity index (χ3n) is 5.28. The van der Waals surface area contributed by atoms with Crippen molar-refractivity contribution in [3.8, 4) is 0 Å². The Hall–Kier alpha value is -2.25. The fraction of sp³-hybridized carbons (Fsp3) is 0.435. The summed E-state index contributed by atoms with van der Waals surface area (Å²) in [5.41, 5.74) is 1.43. The minimum absolute atomic E-state index is 0.332. The maximum atomic E-state index is 11.5. The van der Waals surface area contributed by atoms with E-state index in [9.17, 15) is 4.79 Å². The van der Waals surface area contributed by atoms with E-state index in [1.165, 1.54) is 6.92 Å². The standard InChI is InChI=1S/C23H26O6/c1-17(24)28-22-20-21(27-15-19-10-6-3-7-11-19)23(29-22,12-13-26-20)16-25-14-18-8-4-2-5-9-18/h2-11,20-22H,12-16H2,1H3. The highest BCUT2D eigenvalue weighted by atomic mass is 16.8. The molecule has 0 saturated carbocycles. The van der Waals surface area contributed by atoms with Gasteiger partial charge < -0.3 is 23.7 Å². The highest BCUT2D eigenvalue weighted by Gasteiger charge is 2.60. The van der Waals surface area contributed by atoms with E-state index in [1.807, 2.05) is 60.7 Å². The molecule has 2 fully saturated rings. The molecule has 0 aliphatic carbocycles. The minimum atomic E-state index is -0.795. The van der Waals surface area contributed by atoms with Gasteiger partial charge in [0.1, 0.15) is 17.8 Å². The summed E-state index contributed by atoms with van der Waals surface area (Å²) < 4.78 is 29.7. The number of hydrogen-bond acceptors (Lipinski definition) is 6. The van der Waals surface area contributed by atoms with Crippen molar-refractivity contribution >= 4 is 5.97 Å². The summed E-state index contributed by atoms with van der Waals surface area (Å²) in [6.07, 6.45) is -1.06. The first-order valence-corrected chi connectivity index (χ1v) is 9.90. The Morgan fingerprint density at radius 1 is 1.03 bits per heavy atom. The van der Waals surface area contributed by atoms with E-state index in [1.54, 1.807) is 0 Å². The Kier molecular flexibility index (Phi) is 6.25. The first-order valence-electron chi connectivity index (χ1n) is 9.90. The number of rotatable bonds is 8. The molecule has 2 aliphatic heterocycles. The zero-order chi connectivity index (χ0) is 20.1. The van der Waals surface area contributed by atoms with Gasteiger partial charge >= 0.3 is 5.97 Å². The summed E-state index contributed by atoms with van der Waals surface area (Å²) in [5.74, 6) is -0.409. The Labute approximate surface area is 170 Å². The van der Waals surface area contributed by atoms with Gasteiger partial charge in [0.15, 0.2) is 0 Å². The van der Waals surface area contributed by atoms with Gasteiger partial charge in [-0.3, -0.25) is 4.79 Å². The molecule has 0 amide bonds. The van der Waals surface area contributed by atoms with Crippen molar-refractivity contribution in [3.05, 3.63) is 71.8 Å². The number of hydrogen-bond donors (Lipinski definition) is 0. The van der Waals surface area contributed by atoms with Crippen molar-refractivity contribution in [2.24, 2.45) is 0 Å². The van der Waals surface area contributed by atoms with Crippen LogP contribution in [-0.4, -0.2) is 43.3 Å². The smallest absolute Gasteiger partial charge is 0.305 e. The Bertz CT molecular complexity index is 796. The second kappa shape index (κ2) is 9.05. The maximum Gasteiger partial charge on any atom is 0.305 e. The van der Waals surface area contributed by atoms with Crippen molar-refractivity contribution in [1.29, 1.82) is 0 Å². The van der Waals surface area contributed by atoms with Crippen LogP contribution in [0.2, 0.25) is 0 Å². The topological polar surface area (TPSA) is 63.2 Å². The summed E-state index contributed by atoms with van der Waals surface area (Å²) in [5, 5.41) is 0. The van der Waals surface area contributed by atoms with Gasteiger partial charge in [-0.25, -0.2) is 0 Å². The Balaban J connectivity index is 1.47. The third-order valence-corrected chi connectivity index (χ3v) is 5.28. The third kappa shape index (κ3) is 4.67. The van der Waals surface area contributed by atoms with Gasteiger partial charge in [-0.05, 0) is 11.1 Å². The number of esters is 1. The lowest BCUT2D eigenvalue weighted by Crippen LogP contribution is -2.53. The molecule has 2 heterocycles. The second-order valence-electron chi connectivity index (χ2n) is 7.44. The second-order valence-corrected chi connectivity index (χ2v) is 7.44. The van der Waals surface area contributed by atoms with Gasteiger partial charge in [-0.15, -0.1) is 0 Å². The zero-order valence-electron chi connectivity index (χ0n) is 16.5. The first kappa shape index (κ1) is 20.0. The van der Waals surface area contributed by atoms with E-state index in [-0.39, 0.29) is 0 Å². The van der Waals surface area contributed by atoms with Gasteiger partial charge in [0.05, 0.1) is 26.4 Å². The predicted molar refractivity (Wildman–Crippen MR) is 105 cm³/mol. The van der Waals surface area contributed by atoms with Gasteiger partial charge in [0, 0.05) is 13.3 Å². The molecule has 29 heavy (non-hydrogen) atoms. The first-order chi connectivity index (χ1) is 14.2. The Morgan fingerprint density at radius 3 is 2.34 bits per heavy atom. The molecule has 4 atom stereocenters. The van der Waals surface area contributed by atoms with Crippen LogP contribution in [0.5, 0.6) is 0 Å². The van der Waals surface area contributed by atoms with Crippen LogP contribution >= 0.6 is 0 Å². The number of ether oxygens (including phenoxy) is 5. The number of benzene rings is 2. The van der Waals surface area contributed by atoms with Crippen LogP contribution in [0, 0.1) is 0 Å². The van der Waals surface area contributed by atoms with Crippen LogP contribution in [-0.2, 0) is 41.7 Å². The summed E-state index contributed by atoms with van der Waals surface area (Å²) in [4.78, 5) is 11.5. The predicted octanol–water partition coefficient (Wildman–Crippen LogP) is 3.24. The molecular weight excluding hydrogens is 372 g/mol. The van der Waals surface area contributed by atoms with Gasteiger partial charge in [-0.1, -0.05) is 60.7 Å². The van der Waals surface area contributed by atoms with Crippen molar-refractivity contribution in [1.82, 2.24) is 0 Å². The Morgan fingerprint density at radius 2 is 1.69 bits per heavy atom. The average Bonchev–Trinajstić information content (AvgIpc) is 2.88. The van der Waals surface area contributed by atoms with Crippen LogP contribution in [0.3, 0.4) is 0 Å². The molecule has 4 unspecified atom stereocenters. The van der Waals surface area contributed by atoms with Crippen molar-refractivity contribution in [3.63, 3.8) is 0 Å². The molecule has 0 spiro atoms. The van der Waals surface area contributed by atoms with Crippen molar-refractivity contribution < 1.29 is 28.5 Å². The number of carbonyl (C=O) groups is 1. The van der Waals surface area contributed by atoms with E-state index in [0.29, 0.717) is 32.8 Å². The van der Waals surface area contributed by atoms with E-state index in [2.05, 4.69) is 0 Å².